The number of carboxylic acids is 1. The lowest BCUT2D eigenvalue weighted by atomic mass is 10.0. The normalized spacial score (nSPS) is 15.4. The van der Waals surface area contributed by atoms with Gasteiger partial charge in [0.25, 0.3) is 5.56 Å². The molecule has 1 atom stereocenters. The molecule has 0 aliphatic heterocycles. The van der Waals surface area contributed by atoms with E-state index in [0.717, 1.165) is 16.8 Å². The molecule has 9 nitrogen and oxygen atoms in total. The van der Waals surface area contributed by atoms with Crippen LogP contribution in [0.3, 0.4) is 0 Å². The number of aromatic carboxylic acids is 1. The van der Waals surface area contributed by atoms with E-state index < -0.39 is 40.6 Å². The Bertz CT molecular complexity index is 1760. The molecule has 0 spiro atoms. The Hall–Kier alpha value is -4.35. The van der Waals surface area contributed by atoms with Gasteiger partial charge in [0, 0.05) is 20.3 Å². The second-order valence-electron chi connectivity index (χ2n) is 8.67. The summed E-state index contributed by atoms with van der Waals surface area (Å²) >= 11 is 0. The smallest absolute Gasteiger partial charge is 0.416 e. The minimum atomic E-state index is -4.62. The third-order valence-electron chi connectivity index (χ3n) is 6.74. The number of hydrogen-bond donors (Lipinski definition) is 1. The molecule has 0 saturated heterocycles. The van der Waals surface area contributed by atoms with Crippen molar-refractivity contribution in [2.24, 2.45) is 14.1 Å². The maximum Gasteiger partial charge on any atom is 0.416 e. The minimum absolute atomic E-state index is 0.0192. The van der Waals surface area contributed by atoms with Gasteiger partial charge in [0.05, 0.1) is 28.3 Å². The van der Waals surface area contributed by atoms with E-state index in [1.165, 1.54) is 40.4 Å². The summed E-state index contributed by atoms with van der Waals surface area (Å²) in [5.41, 5.74) is -2.53. The van der Waals surface area contributed by atoms with E-state index in [1.54, 1.807) is 13.1 Å². The number of carboxylic acid groups (broad SMARTS) is 1. The Kier molecular flexibility index (Phi) is 5.09. The zero-order valence-corrected chi connectivity index (χ0v) is 19.0. The summed E-state index contributed by atoms with van der Waals surface area (Å²) in [6.45, 7) is 0. The standard InChI is InChI=1S/C24H19F3N4O5/c1-28-18-8-6-12(10-19(18)29(2)22(28)35)30-11-15(21(33)34)20(32)31(23(30)36)17-9-7-13-14(17)4-3-5-16(13)24(25,26)27/h3-6,8,10-11,17H,7,9H2,1-2H3,(H,33,34)/t17-/m0/s1. The number of aromatic nitrogens is 4. The van der Waals surface area contributed by atoms with Gasteiger partial charge < -0.3 is 5.11 Å². The van der Waals surface area contributed by atoms with E-state index in [4.69, 9.17) is 0 Å². The Labute approximate surface area is 199 Å². The number of benzene rings is 2. The topological polar surface area (TPSA) is 108 Å². The van der Waals surface area contributed by atoms with Crippen molar-refractivity contribution < 1.29 is 23.1 Å². The van der Waals surface area contributed by atoms with Crippen LogP contribution in [0.5, 0.6) is 0 Å². The van der Waals surface area contributed by atoms with Crippen LogP contribution in [0.4, 0.5) is 13.2 Å². The third kappa shape index (κ3) is 3.32. The summed E-state index contributed by atoms with van der Waals surface area (Å²) in [6, 6.07) is 7.06. The van der Waals surface area contributed by atoms with Gasteiger partial charge in [0.1, 0.15) is 5.56 Å². The second-order valence-corrected chi connectivity index (χ2v) is 8.67. The Morgan fingerprint density at radius 1 is 1.00 bits per heavy atom. The molecular formula is C24H19F3N4O5. The van der Waals surface area contributed by atoms with Crippen molar-refractivity contribution in [1.29, 1.82) is 0 Å². The summed E-state index contributed by atoms with van der Waals surface area (Å²) in [7, 11) is 3.11. The van der Waals surface area contributed by atoms with Crippen LogP contribution >= 0.6 is 0 Å². The average molecular weight is 500 g/mol. The van der Waals surface area contributed by atoms with E-state index in [9.17, 15) is 37.5 Å². The Morgan fingerprint density at radius 3 is 2.36 bits per heavy atom. The molecule has 12 heteroatoms. The van der Waals surface area contributed by atoms with Crippen molar-refractivity contribution in [2.75, 3.05) is 0 Å². The first kappa shape index (κ1) is 23.4. The molecule has 2 aromatic heterocycles. The number of rotatable bonds is 3. The molecule has 0 saturated carbocycles. The highest BCUT2D eigenvalue weighted by molar-refractivity contribution is 5.87. The van der Waals surface area contributed by atoms with E-state index in [0.29, 0.717) is 15.6 Å². The Morgan fingerprint density at radius 2 is 1.69 bits per heavy atom. The molecule has 0 unspecified atom stereocenters. The maximum absolute atomic E-state index is 13.6. The lowest BCUT2D eigenvalue weighted by Gasteiger charge is -2.19. The van der Waals surface area contributed by atoms with E-state index in [-0.39, 0.29) is 35.3 Å². The maximum atomic E-state index is 13.6. The van der Waals surface area contributed by atoms with E-state index >= 15 is 0 Å². The van der Waals surface area contributed by atoms with Crippen molar-refractivity contribution in [3.8, 4) is 5.69 Å². The van der Waals surface area contributed by atoms with Gasteiger partial charge in [-0.2, -0.15) is 13.2 Å². The predicted molar refractivity (Wildman–Crippen MR) is 123 cm³/mol. The lowest BCUT2D eigenvalue weighted by Crippen LogP contribution is -2.43. The predicted octanol–water partition coefficient (Wildman–Crippen LogP) is 2.44. The number of aryl methyl sites for hydroxylation is 2. The Balaban J connectivity index is 1.77. The van der Waals surface area contributed by atoms with Gasteiger partial charge in [-0.15, -0.1) is 0 Å². The molecule has 5 rings (SSSR count). The zero-order valence-electron chi connectivity index (χ0n) is 19.0. The zero-order chi connectivity index (χ0) is 26.1. The third-order valence-corrected chi connectivity index (χ3v) is 6.74. The number of alkyl halides is 3. The highest BCUT2D eigenvalue weighted by atomic mass is 19.4. The second kappa shape index (κ2) is 7.83. The molecule has 0 fully saturated rings. The minimum Gasteiger partial charge on any atom is -0.477 e. The highest BCUT2D eigenvalue weighted by Crippen LogP contribution is 2.41. The fraction of sp³-hybridized carbons (Fsp3) is 0.250. The number of hydrogen-bond acceptors (Lipinski definition) is 4. The number of nitrogens with zero attached hydrogens (tertiary/aromatic N) is 4. The van der Waals surface area contributed by atoms with Crippen LogP contribution in [0.2, 0.25) is 0 Å². The van der Waals surface area contributed by atoms with Gasteiger partial charge in [0.15, 0.2) is 0 Å². The fourth-order valence-corrected chi connectivity index (χ4v) is 4.99. The lowest BCUT2D eigenvalue weighted by molar-refractivity contribution is -0.138. The molecule has 4 aromatic rings. The number of fused-ring (bicyclic) bond motifs is 2. The van der Waals surface area contributed by atoms with Gasteiger partial charge in [-0.1, -0.05) is 12.1 Å². The quantitative estimate of drug-likeness (QED) is 0.465. The fourth-order valence-electron chi connectivity index (χ4n) is 4.99. The van der Waals surface area contributed by atoms with E-state index in [2.05, 4.69) is 0 Å². The van der Waals surface area contributed by atoms with Crippen LogP contribution in [0.25, 0.3) is 16.7 Å². The number of imidazole rings is 1. The van der Waals surface area contributed by atoms with Gasteiger partial charge in [0.2, 0.25) is 0 Å². The van der Waals surface area contributed by atoms with Crippen LogP contribution in [-0.2, 0) is 26.7 Å². The number of halogens is 3. The first-order valence-electron chi connectivity index (χ1n) is 10.9. The van der Waals surface area contributed by atoms with Crippen LogP contribution in [0, 0.1) is 0 Å². The molecule has 186 valence electrons. The first-order valence-corrected chi connectivity index (χ1v) is 10.9. The molecule has 0 bridgehead atoms. The monoisotopic (exact) mass is 500 g/mol. The first-order chi connectivity index (χ1) is 16.9. The van der Waals surface area contributed by atoms with Crippen molar-refractivity contribution >= 4 is 17.0 Å². The molecule has 2 aromatic carbocycles. The van der Waals surface area contributed by atoms with Gasteiger partial charge in [-0.3, -0.25) is 23.1 Å². The summed E-state index contributed by atoms with van der Waals surface area (Å²) in [5.74, 6) is -1.59. The van der Waals surface area contributed by atoms with Gasteiger partial charge >= 0.3 is 23.5 Å². The molecule has 0 radical (unpaired) electrons. The summed E-state index contributed by atoms with van der Waals surface area (Å²) < 4.78 is 45.0. The van der Waals surface area contributed by atoms with Gasteiger partial charge in [-0.25, -0.2) is 14.4 Å². The molecular weight excluding hydrogens is 481 g/mol. The van der Waals surface area contributed by atoms with Gasteiger partial charge in [-0.05, 0) is 48.2 Å². The largest absolute Gasteiger partial charge is 0.477 e. The van der Waals surface area contributed by atoms with E-state index in [1.807, 2.05) is 0 Å². The summed E-state index contributed by atoms with van der Waals surface area (Å²) in [4.78, 5) is 50.9. The van der Waals surface area contributed by atoms with Crippen molar-refractivity contribution in [2.45, 2.75) is 25.1 Å². The summed E-state index contributed by atoms with van der Waals surface area (Å²) in [6.07, 6.45) is -3.73. The van der Waals surface area contributed by atoms with Crippen LogP contribution in [0.1, 0.15) is 39.5 Å². The molecule has 1 aliphatic rings. The van der Waals surface area contributed by atoms with Crippen molar-refractivity contribution in [3.05, 3.63) is 96.2 Å². The molecule has 2 heterocycles. The molecule has 1 aliphatic carbocycles. The average Bonchev–Trinajstić information content (AvgIpc) is 3.33. The molecule has 1 N–H and O–H groups in total. The summed E-state index contributed by atoms with van der Waals surface area (Å²) in [5, 5.41) is 9.67. The number of carbonyl (C=O) groups is 1. The van der Waals surface area contributed by atoms with Crippen molar-refractivity contribution in [1.82, 2.24) is 18.3 Å². The highest BCUT2D eigenvalue weighted by Gasteiger charge is 2.38. The van der Waals surface area contributed by atoms with Crippen LogP contribution < -0.4 is 16.9 Å². The van der Waals surface area contributed by atoms with Crippen molar-refractivity contribution in [3.63, 3.8) is 0 Å². The molecule has 36 heavy (non-hydrogen) atoms. The van der Waals surface area contributed by atoms with Crippen LogP contribution in [-0.4, -0.2) is 29.3 Å². The van der Waals surface area contributed by atoms with Crippen LogP contribution in [0.15, 0.2) is 57.0 Å². The SMILES string of the molecule is Cn1c(=O)n(C)c2cc(-n3cc(C(=O)O)c(=O)n([C@H]4CCc5c4cccc5C(F)(F)F)c3=O)ccc21. The molecule has 0 amide bonds.